The molecular weight excluding hydrogens is 360 g/mol. The van der Waals surface area contributed by atoms with E-state index in [0.29, 0.717) is 5.92 Å². The first-order chi connectivity index (χ1) is 14.0. The molecule has 4 nitrogen and oxygen atoms in total. The van der Waals surface area contributed by atoms with Gasteiger partial charge in [-0.2, -0.15) is 0 Å². The van der Waals surface area contributed by atoms with Crippen LogP contribution in [-0.4, -0.2) is 64.3 Å². The van der Waals surface area contributed by atoms with Crippen molar-refractivity contribution in [3.05, 3.63) is 59.7 Å². The van der Waals surface area contributed by atoms with Crippen LogP contribution in [0.1, 0.15) is 24.5 Å². The van der Waals surface area contributed by atoms with E-state index in [4.69, 9.17) is 9.47 Å². The van der Waals surface area contributed by atoms with Crippen molar-refractivity contribution >= 4 is 0 Å². The molecule has 1 unspecified atom stereocenters. The molecule has 1 atom stereocenters. The number of nitrogens with zero attached hydrogens (tertiary/aromatic N) is 2. The number of benzene rings is 2. The lowest BCUT2D eigenvalue weighted by atomic mass is 10.1. The maximum absolute atomic E-state index is 5.55. The van der Waals surface area contributed by atoms with Gasteiger partial charge in [0.1, 0.15) is 0 Å². The molecule has 0 fully saturated rings. The number of para-hydroxylation sites is 1. The highest BCUT2D eigenvalue weighted by Crippen LogP contribution is 2.30. The Morgan fingerprint density at radius 1 is 0.793 bits per heavy atom. The number of rotatable bonds is 13. The van der Waals surface area contributed by atoms with Crippen LogP contribution in [0.3, 0.4) is 0 Å². The van der Waals surface area contributed by atoms with Crippen molar-refractivity contribution in [2.45, 2.75) is 26.2 Å². The smallest absolute Gasteiger partial charge is 0.163 e. The topological polar surface area (TPSA) is 24.9 Å². The lowest BCUT2D eigenvalue weighted by Crippen LogP contribution is -2.29. The fourth-order valence-corrected chi connectivity index (χ4v) is 3.69. The molecule has 2 aromatic rings. The van der Waals surface area contributed by atoms with Gasteiger partial charge in [0.2, 0.25) is 0 Å². The van der Waals surface area contributed by atoms with Crippen molar-refractivity contribution in [2.24, 2.45) is 5.92 Å². The van der Waals surface area contributed by atoms with Crippen LogP contribution in [0.25, 0.3) is 0 Å². The standard InChI is InChI=1S/C25H38N2O2/c1-21(20-27(3)18-15-22-10-7-6-8-11-22)14-17-26(2)19-16-23-12-9-13-24(28-4)25(23)29-5/h6-13,21H,14-20H2,1-5H3. The molecule has 0 aliphatic rings. The molecule has 0 radical (unpaired) electrons. The average Bonchev–Trinajstić information content (AvgIpc) is 2.75. The summed E-state index contributed by atoms with van der Waals surface area (Å²) in [4.78, 5) is 4.87. The molecule has 0 heterocycles. The SMILES string of the molecule is COc1cccc(CCN(C)CCC(C)CN(C)CCc2ccccc2)c1OC. The highest BCUT2D eigenvalue weighted by atomic mass is 16.5. The maximum Gasteiger partial charge on any atom is 0.163 e. The van der Waals surface area contributed by atoms with Crippen LogP contribution in [0.5, 0.6) is 11.5 Å². The van der Waals surface area contributed by atoms with Crippen LogP contribution in [0, 0.1) is 5.92 Å². The minimum atomic E-state index is 0.685. The number of likely N-dealkylation sites (N-methyl/N-ethyl adjacent to an activating group) is 2. The van der Waals surface area contributed by atoms with Gasteiger partial charge in [0.25, 0.3) is 0 Å². The molecule has 0 aromatic heterocycles. The van der Waals surface area contributed by atoms with E-state index in [1.165, 1.54) is 17.5 Å². The number of hydrogen-bond donors (Lipinski definition) is 0. The summed E-state index contributed by atoms with van der Waals surface area (Å²) >= 11 is 0. The van der Waals surface area contributed by atoms with E-state index in [9.17, 15) is 0 Å². The third-order valence-electron chi connectivity index (χ3n) is 5.50. The van der Waals surface area contributed by atoms with Gasteiger partial charge in [-0.05, 0) is 63.0 Å². The minimum absolute atomic E-state index is 0.685. The van der Waals surface area contributed by atoms with E-state index >= 15 is 0 Å². The summed E-state index contributed by atoms with van der Waals surface area (Å²) in [6.07, 6.45) is 3.29. The number of methoxy groups -OCH3 is 2. The zero-order chi connectivity index (χ0) is 21.1. The molecule has 2 rings (SSSR count). The molecule has 0 saturated carbocycles. The summed E-state index contributed by atoms with van der Waals surface area (Å²) in [6, 6.07) is 16.8. The van der Waals surface area contributed by atoms with Crippen LogP contribution in [0.2, 0.25) is 0 Å². The fourth-order valence-electron chi connectivity index (χ4n) is 3.69. The largest absolute Gasteiger partial charge is 0.493 e. The van der Waals surface area contributed by atoms with E-state index in [-0.39, 0.29) is 0 Å². The Labute approximate surface area is 177 Å². The van der Waals surface area contributed by atoms with Gasteiger partial charge in [-0.3, -0.25) is 0 Å². The molecule has 0 bridgehead atoms. The molecule has 0 amide bonds. The molecule has 4 heteroatoms. The second kappa shape index (κ2) is 12.5. The summed E-state index contributed by atoms with van der Waals surface area (Å²) < 4.78 is 11.0. The Morgan fingerprint density at radius 2 is 1.52 bits per heavy atom. The quantitative estimate of drug-likeness (QED) is 0.500. The Hall–Kier alpha value is -2.04. The summed E-state index contributed by atoms with van der Waals surface area (Å²) in [5.74, 6) is 2.35. The average molecular weight is 399 g/mol. The van der Waals surface area contributed by atoms with Gasteiger partial charge in [0, 0.05) is 19.6 Å². The lowest BCUT2D eigenvalue weighted by molar-refractivity contribution is 0.250. The van der Waals surface area contributed by atoms with Gasteiger partial charge < -0.3 is 19.3 Å². The third-order valence-corrected chi connectivity index (χ3v) is 5.50. The normalized spacial score (nSPS) is 12.4. The molecule has 0 aliphatic heterocycles. The van der Waals surface area contributed by atoms with Crippen molar-refractivity contribution in [3.8, 4) is 11.5 Å². The Morgan fingerprint density at radius 3 is 2.21 bits per heavy atom. The number of hydrogen-bond acceptors (Lipinski definition) is 4. The Kier molecular flexibility index (Phi) is 10.0. The molecule has 0 aliphatic carbocycles. The van der Waals surface area contributed by atoms with Crippen molar-refractivity contribution in [1.29, 1.82) is 0 Å². The van der Waals surface area contributed by atoms with Crippen molar-refractivity contribution in [2.75, 3.05) is 54.5 Å². The second-order valence-corrected chi connectivity index (χ2v) is 8.10. The van der Waals surface area contributed by atoms with Crippen LogP contribution < -0.4 is 9.47 Å². The van der Waals surface area contributed by atoms with Gasteiger partial charge in [0.05, 0.1) is 14.2 Å². The van der Waals surface area contributed by atoms with E-state index < -0.39 is 0 Å². The van der Waals surface area contributed by atoms with E-state index in [0.717, 1.165) is 50.5 Å². The van der Waals surface area contributed by atoms with E-state index in [1.54, 1.807) is 14.2 Å². The van der Waals surface area contributed by atoms with Crippen molar-refractivity contribution in [3.63, 3.8) is 0 Å². The van der Waals surface area contributed by atoms with Crippen LogP contribution in [0.4, 0.5) is 0 Å². The molecule has 2 aromatic carbocycles. The van der Waals surface area contributed by atoms with Gasteiger partial charge in [0.15, 0.2) is 11.5 Å². The van der Waals surface area contributed by atoms with Gasteiger partial charge >= 0.3 is 0 Å². The molecule has 160 valence electrons. The molecular formula is C25H38N2O2. The predicted molar refractivity (Wildman–Crippen MR) is 122 cm³/mol. The van der Waals surface area contributed by atoms with Crippen molar-refractivity contribution in [1.82, 2.24) is 9.80 Å². The zero-order valence-electron chi connectivity index (χ0n) is 18.9. The molecule has 0 N–H and O–H groups in total. The molecule has 0 saturated heterocycles. The predicted octanol–water partition coefficient (Wildman–Crippen LogP) is 4.38. The highest BCUT2D eigenvalue weighted by Gasteiger charge is 2.12. The summed E-state index contributed by atoms with van der Waals surface area (Å²) in [5, 5.41) is 0. The number of ether oxygens (including phenoxy) is 2. The first kappa shape index (κ1) is 23.2. The van der Waals surface area contributed by atoms with Gasteiger partial charge in [-0.15, -0.1) is 0 Å². The summed E-state index contributed by atoms with van der Waals surface area (Å²) in [5.41, 5.74) is 2.62. The van der Waals surface area contributed by atoms with E-state index in [2.05, 4.69) is 67.2 Å². The summed E-state index contributed by atoms with van der Waals surface area (Å²) in [6.45, 7) is 6.74. The van der Waals surface area contributed by atoms with Gasteiger partial charge in [-0.1, -0.05) is 49.4 Å². The lowest BCUT2D eigenvalue weighted by Gasteiger charge is -2.24. The Balaban J connectivity index is 1.68. The Bertz CT molecular complexity index is 705. The molecule has 29 heavy (non-hydrogen) atoms. The van der Waals surface area contributed by atoms with Crippen LogP contribution in [0.15, 0.2) is 48.5 Å². The zero-order valence-corrected chi connectivity index (χ0v) is 18.9. The monoisotopic (exact) mass is 398 g/mol. The van der Waals surface area contributed by atoms with Crippen molar-refractivity contribution < 1.29 is 9.47 Å². The van der Waals surface area contributed by atoms with E-state index in [1.807, 2.05) is 12.1 Å². The van der Waals surface area contributed by atoms with Crippen LogP contribution in [-0.2, 0) is 12.8 Å². The fraction of sp³-hybridized carbons (Fsp3) is 0.520. The third kappa shape index (κ3) is 8.08. The maximum atomic E-state index is 5.55. The summed E-state index contributed by atoms with van der Waals surface area (Å²) in [7, 11) is 7.84. The van der Waals surface area contributed by atoms with Crippen LogP contribution >= 0.6 is 0 Å². The molecule has 0 spiro atoms. The highest BCUT2D eigenvalue weighted by molar-refractivity contribution is 5.46. The minimum Gasteiger partial charge on any atom is -0.493 e. The first-order valence-electron chi connectivity index (χ1n) is 10.6. The van der Waals surface area contributed by atoms with Gasteiger partial charge in [-0.25, -0.2) is 0 Å². The first-order valence-corrected chi connectivity index (χ1v) is 10.6. The second-order valence-electron chi connectivity index (χ2n) is 8.10.